The molecular weight excluding hydrogens is 607 g/mol. The van der Waals surface area contributed by atoms with Gasteiger partial charge in [0.1, 0.15) is 28.9 Å². The number of amides is 1. The molecule has 3 aromatic carbocycles. The Morgan fingerprint density at radius 3 is 2.30 bits per heavy atom. The first-order valence-corrected chi connectivity index (χ1v) is 14.9. The fraction of sp³-hybridized carbons (Fsp3) is 0.324. The number of rotatable bonds is 6. The molecule has 1 saturated heterocycles. The Kier molecular flexibility index (Phi) is 8.02. The van der Waals surface area contributed by atoms with Crippen LogP contribution in [0.3, 0.4) is 0 Å². The number of fused-ring (bicyclic) bond motifs is 1. The fourth-order valence-electron chi connectivity index (χ4n) is 6.58. The van der Waals surface area contributed by atoms with Gasteiger partial charge in [-0.2, -0.15) is 5.26 Å². The summed E-state index contributed by atoms with van der Waals surface area (Å²) in [5.74, 6) is -3.45. The molecule has 3 aromatic rings. The second-order valence-electron chi connectivity index (χ2n) is 12.7. The average Bonchev–Trinajstić information content (AvgIpc) is 3.39. The summed E-state index contributed by atoms with van der Waals surface area (Å²) in [6.45, 7) is 9.78. The van der Waals surface area contributed by atoms with E-state index in [1.54, 1.807) is 17.0 Å². The first kappa shape index (κ1) is 31.5. The minimum Gasteiger partial charge on any atom is -0.478 e. The molecule has 2 aliphatic rings. The lowest BCUT2D eigenvalue weighted by molar-refractivity contribution is -0.114. The van der Waals surface area contributed by atoms with Crippen molar-refractivity contribution in [2.45, 2.75) is 58.7 Å². The average molecular weight is 639 g/mol. The third-order valence-electron chi connectivity index (χ3n) is 8.24. The maximum absolute atomic E-state index is 16.1. The number of benzene rings is 3. The topological polar surface area (TPSA) is 84.6 Å². The van der Waals surface area contributed by atoms with Crippen LogP contribution in [-0.4, -0.2) is 34.1 Å². The van der Waals surface area contributed by atoms with E-state index in [1.807, 2.05) is 39.5 Å². The molecule has 5 rings (SSSR count). The molecule has 2 aliphatic heterocycles. The Bertz CT molecular complexity index is 1740. The molecule has 2 heterocycles. The summed E-state index contributed by atoms with van der Waals surface area (Å²) < 4.78 is 32.1. The molecule has 1 fully saturated rings. The number of carboxylic acids is 1. The molecule has 10 heteroatoms. The predicted octanol–water partition coefficient (Wildman–Crippen LogP) is 8.29. The number of nitrogens with zero attached hydrogens (tertiary/aromatic N) is 3. The van der Waals surface area contributed by atoms with Crippen molar-refractivity contribution in [2.75, 3.05) is 4.90 Å². The highest BCUT2D eigenvalue weighted by atomic mass is 35.5. The smallest absolute Gasteiger partial charge is 0.335 e. The van der Waals surface area contributed by atoms with Crippen LogP contribution in [0.4, 0.5) is 14.5 Å². The molecule has 0 radical (unpaired) electrons. The van der Waals surface area contributed by atoms with Gasteiger partial charge in [-0.25, -0.2) is 13.6 Å². The number of nitriles is 1. The van der Waals surface area contributed by atoms with E-state index in [-0.39, 0.29) is 43.9 Å². The van der Waals surface area contributed by atoms with Crippen molar-refractivity contribution >= 4 is 46.3 Å². The zero-order valence-corrected chi connectivity index (χ0v) is 26.3. The van der Waals surface area contributed by atoms with Crippen LogP contribution in [0.25, 0.3) is 5.57 Å². The van der Waals surface area contributed by atoms with Gasteiger partial charge >= 0.3 is 5.97 Å². The Morgan fingerprint density at radius 2 is 1.75 bits per heavy atom. The number of carbonyl (C=O) groups is 2. The molecule has 1 amide bonds. The van der Waals surface area contributed by atoms with Crippen LogP contribution in [0.1, 0.15) is 62.5 Å². The fourth-order valence-corrected chi connectivity index (χ4v) is 6.91. The summed E-state index contributed by atoms with van der Waals surface area (Å²) in [7, 11) is 0. The summed E-state index contributed by atoms with van der Waals surface area (Å²) >= 11 is 12.4. The number of anilines is 1. The molecule has 6 nitrogen and oxygen atoms in total. The van der Waals surface area contributed by atoms with Crippen molar-refractivity contribution < 1.29 is 23.5 Å². The van der Waals surface area contributed by atoms with E-state index in [9.17, 15) is 20.0 Å². The molecule has 0 aliphatic carbocycles. The lowest BCUT2D eigenvalue weighted by Crippen LogP contribution is -2.53. The molecule has 1 N–H and O–H groups in total. The Balaban J connectivity index is 1.92. The Labute approximate surface area is 265 Å². The van der Waals surface area contributed by atoms with Crippen LogP contribution in [-0.2, 0) is 10.2 Å². The maximum Gasteiger partial charge on any atom is 0.335 e. The van der Waals surface area contributed by atoms with Gasteiger partial charge in [-0.1, -0.05) is 76.0 Å². The summed E-state index contributed by atoms with van der Waals surface area (Å²) in [4.78, 5) is 29.6. The summed E-state index contributed by atoms with van der Waals surface area (Å²) in [6, 6.07) is 15.8. The number of hydrogen-bond acceptors (Lipinski definition) is 4. The highest BCUT2D eigenvalue weighted by molar-refractivity contribution is 6.31. The summed E-state index contributed by atoms with van der Waals surface area (Å²) in [6.07, 6.45) is -0.358. The van der Waals surface area contributed by atoms with E-state index in [2.05, 4.69) is 6.07 Å². The molecule has 0 bridgehead atoms. The zero-order valence-electron chi connectivity index (χ0n) is 24.8. The van der Waals surface area contributed by atoms with Gasteiger partial charge in [-0.15, -0.1) is 0 Å². The Morgan fingerprint density at radius 1 is 1.09 bits per heavy atom. The lowest BCUT2D eigenvalue weighted by Gasteiger charge is -2.44. The van der Waals surface area contributed by atoms with E-state index in [0.29, 0.717) is 12.1 Å². The number of aromatic carboxylic acids is 1. The largest absolute Gasteiger partial charge is 0.478 e. The van der Waals surface area contributed by atoms with Gasteiger partial charge in [0.2, 0.25) is 0 Å². The molecule has 228 valence electrons. The molecule has 0 unspecified atom stereocenters. The van der Waals surface area contributed by atoms with Gasteiger partial charge in [-0.3, -0.25) is 9.69 Å². The summed E-state index contributed by atoms with van der Waals surface area (Å²) in [5.41, 5.74) is -1.80. The second-order valence-corrected chi connectivity index (χ2v) is 13.6. The standard InChI is InChI=1S/C34H31Cl2F2N3O3/c1-18(2)30-40(21-12-9-19(10-13-21)32(43)44)31(42)29-27(22-7-6-8-24(36)28(22)38)34(17-39,23-14-11-20(35)15-25(23)37)26(41(29)30)16-33(3,4)5/h6-15,18,26,30H,16H2,1-5H3,(H,43,44)/t26-,30+,34-/m0/s1. The van der Waals surface area contributed by atoms with Gasteiger partial charge < -0.3 is 10.0 Å². The highest BCUT2D eigenvalue weighted by Gasteiger charge is 2.64. The van der Waals surface area contributed by atoms with Crippen LogP contribution in [0.15, 0.2) is 66.4 Å². The van der Waals surface area contributed by atoms with Gasteiger partial charge in [-0.05, 0) is 60.2 Å². The quantitative estimate of drug-likeness (QED) is 0.294. The molecule has 0 aromatic heterocycles. The molecule has 44 heavy (non-hydrogen) atoms. The number of carboxylic acid groups (broad SMARTS) is 1. The monoisotopic (exact) mass is 637 g/mol. The number of halogens is 4. The van der Waals surface area contributed by atoms with Crippen LogP contribution in [0.2, 0.25) is 10.0 Å². The van der Waals surface area contributed by atoms with Crippen molar-refractivity contribution in [2.24, 2.45) is 11.3 Å². The van der Waals surface area contributed by atoms with Crippen molar-refractivity contribution in [3.05, 3.63) is 105 Å². The van der Waals surface area contributed by atoms with Crippen molar-refractivity contribution in [3.8, 4) is 6.07 Å². The third kappa shape index (κ3) is 4.92. The van der Waals surface area contributed by atoms with Gasteiger partial charge in [0, 0.05) is 27.4 Å². The van der Waals surface area contributed by atoms with Gasteiger partial charge in [0.25, 0.3) is 5.91 Å². The van der Waals surface area contributed by atoms with E-state index in [4.69, 9.17) is 23.2 Å². The van der Waals surface area contributed by atoms with E-state index in [1.165, 1.54) is 42.5 Å². The Hall–Kier alpha value is -3.93. The number of carbonyl (C=O) groups excluding carboxylic acids is 1. The SMILES string of the molecule is CC(C)[C@@H]1N(c2ccc(C(=O)O)cc2)C(=O)C2=C(c3cccc(Cl)c3F)[C@@](C#N)(c3ccc(Cl)cc3F)[C@H](CC(C)(C)C)N21. The van der Waals surface area contributed by atoms with Crippen molar-refractivity contribution in [3.63, 3.8) is 0 Å². The van der Waals surface area contributed by atoms with E-state index in [0.717, 1.165) is 6.07 Å². The van der Waals surface area contributed by atoms with Crippen molar-refractivity contribution in [1.82, 2.24) is 4.90 Å². The van der Waals surface area contributed by atoms with Crippen molar-refractivity contribution in [1.29, 1.82) is 5.26 Å². The maximum atomic E-state index is 16.1. The van der Waals surface area contributed by atoms with Crippen LogP contribution in [0, 0.1) is 34.3 Å². The number of hydrogen-bond donors (Lipinski definition) is 1. The minimum atomic E-state index is -1.84. The first-order chi connectivity index (χ1) is 20.6. The van der Waals surface area contributed by atoms with Gasteiger partial charge in [0.05, 0.1) is 22.7 Å². The zero-order chi connectivity index (χ0) is 32.3. The normalized spacial score (nSPS) is 21.7. The van der Waals surface area contributed by atoms with Crippen LogP contribution in [0.5, 0.6) is 0 Å². The van der Waals surface area contributed by atoms with Gasteiger partial charge in [0.15, 0.2) is 0 Å². The van der Waals surface area contributed by atoms with Crippen LogP contribution < -0.4 is 4.90 Å². The predicted molar refractivity (Wildman–Crippen MR) is 166 cm³/mol. The molecule has 3 atom stereocenters. The third-order valence-corrected chi connectivity index (χ3v) is 8.77. The summed E-state index contributed by atoms with van der Waals surface area (Å²) in [5, 5.41) is 20.6. The molecule has 0 spiro atoms. The molecule has 0 saturated carbocycles. The van der Waals surface area contributed by atoms with E-state index < -0.39 is 46.5 Å². The van der Waals surface area contributed by atoms with E-state index >= 15 is 8.78 Å². The van der Waals surface area contributed by atoms with Crippen LogP contribution >= 0.6 is 23.2 Å². The molecular formula is C34H31Cl2F2N3O3. The highest BCUT2D eigenvalue weighted by Crippen LogP contribution is 2.59. The second kappa shape index (κ2) is 11.2. The first-order valence-electron chi connectivity index (χ1n) is 14.1. The lowest BCUT2D eigenvalue weighted by atomic mass is 9.65. The minimum absolute atomic E-state index is 0.0239.